The molecular formula is C31H31N5O3S. The van der Waals surface area contributed by atoms with Crippen LogP contribution in [0.4, 0.5) is 11.4 Å². The lowest BCUT2D eigenvalue weighted by Crippen LogP contribution is -2.30. The second-order valence-electron chi connectivity index (χ2n) is 9.61. The van der Waals surface area contributed by atoms with Crippen molar-refractivity contribution in [1.82, 2.24) is 14.8 Å². The van der Waals surface area contributed by atoms with Crippen molar-refractivity contribution < 1.29 is 14.3 Å². The van der Waals surface area contributed by atoms with E-state index in [0.717, 1.165) is 22.8 Å². The number of amides is 1. The molecule has 8 nitrogen and oxygen atoms in total. The number of thiophene rings is 1. The van der Waals surface area contributed by atoms with Crippen molar-refractivity contribution in [3.05, 3.63) is 89.4 Å². The quantitative estimate of drug-likeness (QED) is 0.210. The van der Waals surface area contributed by atoms with E-state index in [1.54, 1.807) is 10.7 Å². The summed E-state index contributed by atoms with van der Waals surface area (Å²) in [4.78, 5) is 34.1. The largest absolute Gasteiger partial charge is 0.452 e. The first-order valence-corrected chi connectivity index (χ1v) is 14.1. The van der Waals surface area contributed by atoms with Gasteiger partial charge in [-0.25, -0.2) is 14.5 Å². The molecular weight excluding hydrogens is 522 g/mol. The molecule has 204 valence electrons. The molecule has 3 aromatic heterocycles. The number of carbonyl (C=O) groups excluding carboxylic acids is 2. The number of hydrogen-bond donors (Lipinski definition) is 1. The molecule has 0 spiro atoms. The van der Waals surface area contributed by atoms with E-state index in [4.69, 9.17) is 9.72 Å². The predicted octanol–water partition coefficient (Wildman–Crippen LogP) is 6.49. The maximum absolute atomic E-state index is 13.4. The number of aryl methyl sites for hydroxylation is 1. The average Bonchev–Trinajstić information content (AvgIpc) is 3.61. The lowest BCUT2D eigenvalue weighted by atomic mass is 10.1. The monoisotopic (exact) mass is 553 g/mol. The van der Waals surface area contributed by atoms with Gasteiger partial charge in [-0.15, -0.1) is 11.3 Å². The Balaban J connectivity index is 1.38. The Morgan fingerprint density at radius 2 is 1.80 bits per heavy atom. The summed E-state index contributed by atoms with van der Waals surface area (Å²) >= 11 is 1.53. The van der Waals surface area contributed by atoms with Crippen molar-refractivity contribution in [2.45, 2.75) is 33.7 Å². The van der Waals surface area contributed by atoms with Crippen LogP contribution in [0.3, 0.4) is 0 Å². The molecule has 0 aliphatic heterocycles. The molecule has 5 aromatic rings. The number of nitrogens with zero attached hydrogens (tertiary/aromatic N) is 4. The maximum Gasteiger partial charge on any atom is 0.339 e. The molecule has 0 saturated carbocycles. The minimum atomic E-state index is -0.609. The summed E-state index contributed by atoms with van der Waals surface area (Å²) in [5.74, 6) is -1.03. The molecule has 0 aliphatic carbocycles. The van der Waals surface area contributed by atoms with Crippen LogP contribution in [0.15, 0.2) is 78.2 Å². The molecule has 3 heterocycles. The molecule has 0 bridgehead atoms. The van der Waals surface area contributed by atoms with Gasteiger partial charge in [-0.05, 0) is 81.6 Å². The van der Waals surface area contributed by atoms with Gasteiger partial charge in [0.25, 0.3) is 5.91 Å². The van der Waals surface area contributed by atoms with Gasteiger partial charge < -0.3 is 15.0 Å². The van der Waals surface area contributed by atoms with Gasteiger partial charge in [-0.3, -0.25) is 4.79 Å². The topological polar surface area (TPSA) is 89.3 Å². The Morgan fingerprint density at radius 3 is 2.45 bits per heavy atom. The second kappa shape index (κ2) is 11.7. The standard InChI is InChI=1S/C31H31N5O3S/c1-5-35(20(2)3)23-15-13-22(14-16-23)32-28(37)19-39-31(38)25-18-26(27-12-9-17-40-27)33-30-29(25)21(4)34-36(30)24-10-7-6-8-11-24/h6-18,20H,5,19H2,1-4H3,(H,32,37). The Labute approximate surface area is 237 Å². The number of fused-ring (bicyclic) bond motifs is 1. The van der Waals surface area contributed by atoms with Crippen LogP contribution in [0.1, 0.15) is 36.8 Å². The fourth-order valence-electron chi connectivity index (χ4n) is 4.74. The summed E-state index contributed by atoms with van der Waals surface area (Å²) in [6.07, 6.45) is 0. The number of rotatable bonds is 9. The summed E-state index contributed by atoms with van der Waals surface area (Å²) in [6.45, 7) is 8.69. The number of carbonyl (C=O) groups is 2. The van der Waals surface area contributed by atoms with Gasteiger partial charge in [-0.1, -0.05) is 24.3 Å². The SMILES string of the molecule is CCN(c1ccc(NC(=O)COC(=O)c2cc(-c3cccs3)nc3c2c(C)nn3-c2ccccc2)cc1)C(C)C. The second-order valence-corrected chi connectivity index (χ2v) is 10.6. The van der Waals surface area contributed by atoms with E-state index in [0.29, 0.717) is 39.7 Å². The van der Waals surface area contributed by atoms with Crippen LogP contribution in [-0.2, 0) is 9.53 Å². The molecule has 40 heavy (non-hydrogen) atoms. The zero-order chi connectivity index (χ0) is 28.2. The number of aromatic nitrogens is 3. The third-order valence-corrected chi connectivity index (χ3v) is 7.48. The number of esters is 1. The van der Waals surface area contributed by atoms with Crippen molar-refractivity contribution in [1.29, 1.82) is 0 Å². The summed E-state index contributed by atoms with van der Waals surface area (Å²) in [5.41, 5.74) is 4.69. The maximum atomic E-state index is 13.4. The molecule has 0 unspecified atom stereocenters. The Morgan fingerprint density at radius 1 is 1.05 bits per heavy atom. The Bertz CT molecular complexity index is 1630. The molecule has 5 rings (SSSR count). The highest BCUT2D eigenvalue weighted by atomic mass is 32.1. The Kier molecular flexibility index (Phi) is 7.93. The van der Waals surface area contributed by atoms with Crippen molar-refractivity contribution in [2.75, 3.05) is 23.4 Å². The summed E-state index contributed by atoms with van der Waals surface area (Å²) in [7, 11) is 0. The molecule has 9 heteroatoms. The number of pyridine rings is 1. The zero-order valence-electron chi connectivity index (χ0n) is 22.9. The summed E-state index contributed by atoms with van der Waals surface area (Å²) < 4.78 is 7.23. The summed E-state index contributed by atoms with van der Waals surface area (Å²) in [5, 5.41) is 10.0. The fourth-order valence-corrected chi connectivity index (χ4v) is 5.42. The van der Waals surface area contributed by atoms with Gasteiger partial charge in [0.1, 0.15) is 0 Å². The molecule has 0 fully saturated rings. The molecule has 0 radical (unpaired) electrons. The molecule has 1 amide bonds. The summed E-state index contributed by atoms with van der Waals surface area (Å²) in [6, 6.07) is 23.2. The van der Waals surface area contributed by atoms with E-state index >= 15 is 0 Å². The van der Waals surface area contributed by atoms with Crippen molar-refractivity contribution in [3.8, 4) is 16.3 Å². The van der Waals surface area contributed by atoms with Gasteiger partial charge >= 0.3 is 5.97 Å². The van der Waals surface area contributed by atoms with E-state index in [-0.39, 0.29) is 0 Å². The van der Waals surface area contributed by atoms with Gasteiger partial charge in [0.2, 0.25) is 0 Å². The van der Waals surface area contributed by atoms with Crippen LogP contribution in [0.2, 0.25) is 0 Å². The normalized spacial score (nSPS) is 11.1. The fraction of sp³-hybridized carbons (Fsp3) is 0.226. The van der Waals surface area contributed by atoms with Gasteiger partial charge in [0, 0.05) is 24.0 Å². The van der Waals surface area contributed by atoms with Crippen LogP contribution in [0.25, 0.3) is 27.3 Å². The van der Waals surface area contributed by atoms with Crippen LogP contribution < -0.4 is 10.2 Å². The van der Waals surface area contributed by atoms with Crippen molar-refractivity contribution in [3.63, 3.8) is 0 Å². The number of hydrogen-bond acceptors (Lipinski definition) is 7. The number of ether oxygens (including phenoxy) is 1. The third kappa shape index (κ3) is 5.60. The molecule has 0 atom stereocenters. The van der Waals surface area contributed by atoms with Crippen molar-refractivity contribution in [2.24, 2.45) is 0 Å². The zero-order valence-corrected chi connectivity index (χ0v) is 23.7. The minimum absolute atomic E-state index is 0.318. The third-order valence-electron chi connectivity index (χ3n) is 6.59. The molecule has 2 aromatic carbocycles. The van der Waals surface area contributed by atoms with Crippen LogP contribution >= 0.6 is 11.3 Å². The first-order valence-electron chi connectivity index (χ1n) is 13.2. The number of para-hydroxylation sites is 1. The highest BCUT2D eigenvalue weighted by molar-refractivity contribution is 7.13. The smallest absolute Gasteiger partial charge is 0.339 e. The molecule has 0 aliphatic rings. The molecule has 0 saturated heterocycles. The number of anilines is 2. The van der Waals surface area contributed by atoms with Crippen LogP contribution in [0, 0.1) is 6.92 Å². The number of benzene rings is 2. The van der Waals surface area contributed by atoms with E-state index in [1.807, 2.05) is 79.0 Å². The predicted molar refractivity (Wildman–Crippen MR) is 160 cm³/mol. The minimum Gasteiger partial charge on any atom is -0.452 e. The first-order chi connectivity index (χ1) is 19.4. The Hall–Kier alpha value is -4.50. The van der Waals surface area contributed by atoms with Crippen LogP contribution in [-0.4, -0.2) is 45.8 Å². The van der Waals surface area contributed by atoms with E-state index < -0.39 is 18.5 Å². The number of nitrogens with one attached hydrogen (secondary N) is 1. The highest BCUT2D eigenvalue weighted by Crippen LogP contribution is 2.31. The lowest BCUT2D eigenvalue weighted by molar-refractivity contribution is -0.119. The van der Waals surface area contributed by atoms with Gasteiger partial charge in [-0.2, -0.15) is 5.10 Å². The van der Waals surface area contributed by atoms with E-state index in [9.17, 15) is 9.59 Å². The highest BCUT2D eigenvalue weighted by Gasteiger charge is 2.23. The van der Waals surface area contributed by atoms with Crippen LogP contribution in [0.5, 0.6) is 0 Å². The lowest BCUT2D eigenvalue weighted by Gasteiger charge is -2.27. The van der Waals surface area contributed by atoms with E-state index in [1.165, 1.54) is 11.3 Å². The van der Waals surface area contributed by atoms with Crippen molar-refractivity contribution >= 4 is 45.6 Å². The van der Waals surface area contributed by atoms with E-state index in [2.05, 4.69) is 36.1 Å². The first kappa shape index (κ1) is 27.1. The van der Waals surface area contributed by atoms with Gasteiger partial charge in [0.15, 0.2) is 12.3 Å². The van der Waals surface area contributed by atoms with Gasteiger partial charge in [0.05, 0.1) is 32.9 Å². The average molecular weight is 554 g/mol. The molecule has 1 N–H and O–H groups in total.